The van der Waals surface area contributed by atoms with Gasteiger partial charge in [0.05, 0.1) is 11.9 Å². The van der Waals surface area contributed by atoms with Gasteiger partial charge in [-0.15, -0.1) is 0 Å². The Balaban J connectivity index is 1.42. The van der Waals surface area contributed by atoms with Gasteiger partial charge in [-0.2, -0.15) is 0 Å². The van der Waals surface area contributed by atoms with E-state index in [2.05, 4.69) is 20.9 Å². The second-order valence-electron chi connectivity index (χ2n) is 6.28. The highest BCUT2D eigenvalue weighted by Crippen LogP contribution is 2.50. The van der Waals surface area contributed by atoms with E-state index in [1.54, 1.807) is 0 Å². The summed E-state index contributed by atoms with van der Waals surface area (Å²) >= 11 is 0. The van der Waals surface area contributed by atoms with Crippen molar-refractivity contribution in [1.29, 1.82) is 0 Å². The van der Waals surface area contributed by atoms with Crippen LogP contribution in [0.1, 0.15) is 48.2 Å². The lowest BCUT2D eigenvalue weighted by atomic mass is 9.78. The second-order valence-corrected chi connectivity index (χ2v) is 6.28. The fourth-order valence-electron chi connectivity index (χ4n) is 3.30. The van der Waals surface area contributed by atoms with Crippen LogP contribution in [0.3, 0.4) is 0 Å². The van der Waals surface area contributed by atoms with Gasteiger partial charge in [-0.25, -0.2) is 9.78 Å². The minimum Gasteiger partial charge on any atom is -0.347 e. The van der Waals surface area contributed by atoms with Crippen LogP contribution in [0.2, 0.25) is 0 Å². The van der Waals surface area contributed by atoms with E-state index in [4.69, 9.17) is 0 Å². The van der Waals surface area contributed by atoms with Gasteiger partial charge in [-0.05, 0) is 37.7 Å². The largest absolute Gasteiger partial charge is 0.347 e. The third-order valence-corrected chi connectivity index (χ3v) is 4.92. The van der Waals surface area contributed by atoms with Crippen molar-refractivity contribution < 1.29 is 9.59 Å². The van der Waals surface area contributed by atoms with Gasteiger partial charge in [-0.1, -0.05) is 6.42 Å². The van der Waals surface area contributed by atoms with Crippen molar-refractivity contribution in [3.8, 4) is 0 Å². The van der Waals surface area contributed by atoms with E-state index in [1.165, 1.54) is 25.5 Å². The Morgan fingerprint density at radius 3 is 2.86 bits per heavy atom. The van der Waals surface area contributed by atoms with Crippen LogP contribution >= 0.6 is 0 Å². The minimum atomic E-state index is -0.168. The molecule has 4 rings (SSSR count). The zero-order valence-corrected chi connectivity index (χ0v) is 11.7. The molecule has 0 radical (unpaired) electrons. The molecule has 21 heavy (non-hydrogen) atoms. The first-order valence-electron chi connectivity index (χ1n) is 7.53. The van der Waals surface area contributed by atoms with Crippen LogP contribution in [0.5, 0.6) is 0 Å². The van der Waals surface area contributed by atoms with E-state index < -0.39 is 0 Å². The molecule has 0 spiro atoms. The van der Waals surface area contributed by atoms with Crippen LogP contribution in [0.25, 0.3) is 0 Å². The van der Waals surface area contributed by atoms with E-state index in [0.29, 0.717) is 23.8 Å². The van der Waals surface area contributed by atoms with E-state index >= 15 is 0 Å². The first kappa shape index (κ1) is 12.6. The SMILES string of the molecule is O=C(Nc1cnc2c(c1)CNC2=O)NC1(C2CCC2)CC1. The summed E-state index contributed by atoms with van der Waals surface area (Å²) in [5.41, 5.74) is 1.96. The molecule has 2 saturated carbocycles. The maximum Gasteiger partial charge on any atom is 0.319 e. The van der Waals surface area contributed by atoms with Crippen LogP contribution in [-0.4, -0.2) is 22.5 Å². The third-order valence-electron chi connectivity index (χ3n) is 4.92. The van der Waals surface area contributed by atoms with Crippen LogP contribution < -0.4 is 16.0 Å². The molecular formula is C15H18N4O2. The number of nitrogens with one attached hydrogen (secondary N) is 3. The number of anilines is 1. The monoisotopic (exact) mass is 286 g/mol. The molecule has 2 heterocycles. The van der Waals surface area contributed by atoms with E-state index in [0.717, 1.165) is 18.4 Å². The zero-order chi connectivity index (χ0) is 14.4. The summed E-state index contributed by atoms with van der Waals surface area (Å²) in [5, 5.41) is 8.68. The lowest BCUT2D eigenvalue weighted by Crippen LogP contribution is -2.46. The number of hydrogen-bond acceptors (Lipinski definition) is 3. The molecule has 0 unspecified atom stereocenters. The molecule has 3 N–H and O–H groups in total. The molecule has 3 amide bonds. The second kappa shape index (κ2) is 4.44. The van der Waals surface area contributed by atoms with Crippen molar-refractivity contribution in [1.82, 2.24) is 15.6 Å². The highest BCUT2D eigenvalue weighted by Gasteiger charge is 2.52. The van der Waals surface area contributed by atoms with E-state index in [9.17, 15) is 9.59 Å². The Kier molecular flexibility index (Phi) is 2.67. The lowest BCUT2D eigenvalue weighted by molar-refractivity contribution is 0.0961. The number of amides is 3. The number of fused-ring (bicyclic) bond motifs is 1. The first-order valence-corrected chi connectivity index (χ1v) is 7.53. The standard InChI is InChI=1S/C15H18N4O2/c20-13-12-9(7-17-13)6-11(8-16-12)18-14(21)19-15(4-5-15)10-2-1-3-10/h6,8,10H,1-5,7H2,(H,17,20)(H2,18,19,21). The van der Waals surface area contributed by atoms with Crippen molar-refractivity contribution in [3.05, 3.63) is 23.5 Å². The number of rotatable bonds is 3. The molecule has 0 saturated heterocycles. The summed E-state index contributed by atoms with van der Waals surface area (Å²) in [7, 11) is 0. The summed E-state index contributed by atoms with van der Waals surface area (Å²) in [4.78, 5) is 27.7. The Labute approximate surface area is 122 Å². The zero-order valence-electron chi connectivity index (χ0n) is 11.7. The molecular weight excluding hydrogens is 268 g/mol. The van der Waals surface area contributed by atoms with Crippen LogP contribution in [0, 0.1) is 5.92 Å². The van der Waals surface area contributed by atoms with Gasteiger partial charge in [0.1, 0.15) is 5.69 Å². The molecule has 2 aliphatic carbocycles. The summed E-state index contributed by atoms with van der Waals surface area (Å²) in [6, 6.07) is 1.64. The third kappa shape index (κ3) is 2.14. The predicted octanol–water partition coefficient (Wildman–Crippen LogP) is 1.78. The highest BCUT2D eigenvalue weighted by atomic mass is 16.2. The normalized spacial score (nSPS) is 22.0. The number of pyridine rings is 1. The molecule has 2 fully saturated rings. The number of nitrogens with zero attached hydrogens (tertiary/aromatic N) is 1. The quantitative estimate of drug-likeness (QED) is 0.792. The van der Waals surface area contributed by atoms with Crippen LogP contribution in [-0.2, 0) is 6.54 Å². The van der Waals surface area contributed by atoms with Crippen LogP contribution in [0.15, 0.2) is 12.3 Å². The van der Waals surface area contributed by atoms with Gasteiger partial charge in [0.2, 0.25) is 0 Å². The summed E-state index contributed by atoms with van der Waals surface area (Å²) in [6.07, 6.45) is 7.46. The molecule has 1 aromatic heterocycles. The average molecular weight is 286 g/mol. The summed E-state index contributed by atoms with van der Waals surface area (Å²) in [5.74, 6) is 0.506. The average Bonchev–Trinajstić information content (AvgIpc) is 3.03. The van der Waals surface area contributed by atoms with Gasteiger partial charge in [-0.3, -0.25) is 4.79 Å². The fourth-order valence-corrected chi connectivity index (χ4v) is 3.30. The first-order chi connectivity index (χ1) is 10.2. The number of hydrogen-bond donors (Lipinski definition) is 3. The molecule has 6 heteroatoms. The molecule has 0 atom stereocenters. The number of carbonyl (C=O) groups excluding carboxylic acids is 2. The molecule has 6 nitrogen and oxygen atoms in total. The number of aromatic nitrogens is 1. The summed E-state index contributed by atoms with van der Waals surface area (Å²) in [6.45, 7) is 0.477. The minimum absolute atomic E-state index is 0.0456. The van der Waals surface area contributed by atoms with E-state index in [1.807, 2.05) is 6.07 Å². The van der Waals surface area contributed by atoms with Gasteiger partial charge in [0, 0.05) is 17.6 Å². The van der Waals surface area contributed by atoms with Gasteiger partial charge < -0.3 is 16.0 Å². The van der Waals surface area contributed by atoms with Crippen molar-refractivity contribution in [2.45, 2.75) is 44.2 Å². The van der Waals surface area contributed by atoms with Crippen molar-refractivity contribution in [2.24, 2.45) is 5.92 Å². The Morgan fingerprint density at radius 2 is 2.19 bits per heavy atom. The molecule has 0 bridgehead atoms. The predicted molar refractivity (Wildman–Crippen MR) is 76.9 cm³/mol. The molecule has 1 aliphatic heterocycles. The Hall–Kier alpha value is -2.11. The topological polar surface area (TPSA) is 83.1 Å². The molecule has 110 valence electrons. The van der Waals surface area contributed by atoms with E-state index in [-0.39, 0.29) is 17.5 Å². The summed E-state index contributed by atoms with van der Waals surface area (Å²) < 4.78 is 0. The maximum atomic E-state index is 12.1. The smallest absolute Gasteiger partial charge is 0.319 e. The highest BCUT2D eigenvalue weighted by molar-refractivity contribution is 5.97. The van der Waals surface area contributed by atoms with Crippen LogP contribution in [0.4, 0.5) is 10.5 Å². The Morgan fingerprint density at radius 1 is 1.38 bits per heavy atom. The molecule has 0 aromatic carbocycles. The Bertz CT molecular complexity index is 620. The number of urea groups is 1. The fraction of sp³-hybridized carbons (Fsp3) is 0.533. The van der Waals surface area contributed by atoms with Crippen molar-refractivity contribution >= 4 is 17.6 Å². The molecule has 1 aromatic rings. The van der Waals surface area contributed by atoms with Crippen molar-refractivity contribution in [2.75, 3.05) is 5.32 Å². The lowest BCUT2D eigenvalue weighted by Gasteiger charge is -2.34. The van der Waals surface area contributed by atoms with Gasteiger partial charge in [0.25, 0.3) is 5.91 Å². The van der Waals surface area contributed by atoms with Gasteiger partial charge >= 0.3 is 6.03 Å². The molecule has 3 aliphatic rings. The van der Waals surface area contributed by atoms with Crippen molar-refractivity contribution in [3.63, 3.8) is 0 Å². The maximum absolute atomic E-state index is 12.1. The number of carbonyl (C=O) groups is 2. The van der Waals surface area contributed by atoms with Gasteiger partial charge in [0.15, 0.2) is 0 Å².